The number of amides is 1. The van der Waals surface area contributed by atoms with E-state index >= 15 is 0 Å². The lowest BCUT2D eigenvalue weighted by Gasteiger charge is -2.19. The van der Waals surface area contributed by atoms with Crippen LogP contribution >= 0.6 is 0 Å². The number of nitrogens with one attached hydrogen (secondary N) is 1. The Labute approximate surface area is 143 Å². The number of nitrogens with zero attached hydrogens (tertiary/aromatic N) is 1. The number of hydrogen-bond donors (Lipinski definition) is 1. The molecule has 0 saturated carbocycles. The summed E-state index contributed by atoms with van der Waals surface area (Å²) in [6.07, 6.45) is 1.24. The topological polar surface area (TPSA) is 66.5 Å². The van der Waals surface area contributed by atoms with Crippen molar-refractivity contribution in [2.75, 3.05) is 22.4 Å². The number of hydrogen-bond acceptors (Lipinski definition) is 3. The Kier molecular flexibility index (Phi) is 5.98. The molecule has 1 N–H and O–H groups in total. The number of sulfonamides is 1. The first kappa shape index (κ1) is 18.0. The molecule has 0 saturated heterocycles. The van der Waals surface area contributed by atoms with E-state index in [4.69, 9.17) is 0 Å². The highest BCUT2D eigenvalue weighted by molar-refractivity contribution is 7.92. The first-order valence-corrected chi connectivity index (χ1v) is 9.42. The summed E-state index contributed by atoms with van der Waals surface area (Å²) in [5.41, 5.74) is 2.07. The van der Waals surface area contributed by atoms with Crippen LogP contribution in [-0.4, -0.2) is 27.1 Å². The van der Waals surface area contributed by atoms with Gasteiger partial charge >= 0.3 is 0 Å². The van der Waals surface area contributed by atoms with Crippen LogP contribution in [0.3, 0.4) is 0 Å². The van der Waals surface area contributed by atoms with Crippen LogP contribution in [0.15, 0.2) is 54.6 Å². The van der Waals surface area contributed by atoms with Crippen molar-refractivity contribution in [3.63, 3.8) is 0 Å². The highest BCUT2D eigenvalue weighted by Crippen LogP contribution is 2.25. The average molecular weight is 346 g/mol. The Morgan fingerprint density at radius 1 is 1.04 bits per heavy atom. The van der Waals surface area contributed by atoms with Crippen LogP contribution in [0.25, 0.3) is 0 Å². The normalized spacial score (nSPS) is 11.1. The zero-order valence-electron chi connectivity index (χ0n) is 13.9. The van der Waals surface area contributed by atoms with Crippen LogP contribution in [0.4, 0.5) is 11.4 Å². The molecule has 0 aliphatic carbocycles. The minimum absolute atomic E-state index is 0.0278. The van der Waals surface area contributed by atoms with Crippen LogP contribution < -0.4 is 9.62 Å². The highest BCUT2D eigenvalue weighted by atomic mass is 32.2. The van der Waals surface area contributed by atoms with Crippen molar-refractivity contribution < 1.29 is 13.2 Å². The van der Waals surface area contributed by atoms with Gasteiger partial charge in [0.15, 0.2) is 0 Å². The van der Waals surface area contributed by atoms with Crippen LogP contribution in [0.2, 0.25) is 0 Å². The molecule has 2 aromatic carbocycles. The Balaban J connectivity index is 2.03. The third-order valence-corrected chi connectivity index (χ3v) is 5.08. The van der Waals surface area contributed by atoms with Gasteiger partial charge in [-0.25, -0.2) is 8.42 Å². The summed E-state index contributed by atoms with van der Waals surface area (Å²) in [5.74, 6) is -0.134. The molecule has 0 bridgehead atoms. The van der Waals surface area contributed by atoms with Crippen LogP contribution in [0.1, 0.15) is 18.9 Å². The zero-order valence-corrected chi connectivity index (χ0v) is 14.7. The third-order valence-electron chi connectivity index (χ3n) is 3.72. The summed E-state index contributed by atoms with van der Waals surface area (Å²) in [7, 11) is -1.86. The molecule has 2 aromatic rings. The number of rotatable bonds is 7. The fourth-order valence-corrected chi connectivity index (χ4v) is 3.49. The Morgan fingerprint density at radius 2 is 1.67 bits per heavy atom. The van der Waals surface area contributed by atoms with E-state index in [0.717, 1.165) is 5.56 Å². The molecule has 1 amide bonds. The Hall–Kier alpha value is -2.34. The quantitative estimate of drug-likeness (QED) is 0.838. The molecule has 0 spiro atoms. The zero-order chi connectivity index (χ0) is 17.6. The van der Waals surface area contributed by atoms with E-state index < -0.39 is 10.0 Å². The van der Waals surface area contributed by atoms with E-state index in [1.807, 2.05) is 30.3 Å². The second-order valence-electron chi connectivity index (χ2n) is 5.61. The molecular formula is C18H22N2O3S. The van der Waals surface area contributed by atoms with Crippen molar-refractivity contribution >= 4 is 27.3 Å². The van der Waals surface area contributed by atoms with Crippen molar-refractivity contribution in [3.8, 4) is 0 Å². The predicted molar refractivity (Wildman–Crippen MR) is 97.7 cm³/mol. The lowest BCUT2D eigenvalue weighted by Crippen LogP contribution is -2.25. The lowest BCUT2D eigenvalue weighted by atomic mass is 10.1. The molecule has 6 heteroatoms. The molecule has 0 fully saturated rings. The summed E-state index contributed by atoms with van der Waals surface area (Å²) in [6.45, 7) is 1.44. The largest absolute Gasteiger partial charge is 0.314 e. The van der Waals surface area contributed by atoms with E-state index in [2.05, 4.69) is 4.72 Å². The van der Waals surface area contributed by atoms with Crippen molar-refractivity contribution in [1.82, 2.24) is 0 Å². The number of carbonyl (C=O) groups excluding carboxylic acids is 1. The molecule has 2 rings (SSSR count). The third kappa shape index (κ3) is 5.09. The van der Waals surface area contributed by atoms with Gasteiger partial charge in [-0.2, -0.15) is 0 Å². The van der Waals surface area contributed by atoms with Gasteiger partial charge < -0.3 is 4.90 Å². The summed E-state index contributed by atoms with van der Waals surface area (Å²) in [5, 5.41) is 0. The second-order valence-corrected chi connectivity index (χ2v) is 7.45. The molecule has 128 valence electrons. The Morgan fingerprint density at radius 3 is 2.33 bits per heavy atom. The smallest absolute Gasteiger partial charge is 0.232 e. The summed E-state index contributed by atoms with van der Waals surface area (Å²) in [4.78, 5) is 13.0. The van der Waals surface area contributed by atoms with Crippen molar-refractivity contribution in [2.45, 2.75) is 19.8 Å². The van der Waals surface area contributed by atoms with Crippen LogP contribution in [0, 0.1) is 0 Å². The highest BCUT2D eigenvalue weighted by Gasteiger charge is 2.16. The molecule has 0 aliphatic rings. The van der Waals surface area contributed by atoms with Gasteiger partial charge in [-0.15, -0.1) is 0 Å². The van der Waals surface area contributed by atoms with Gasteiger partial charge in [-0.1, -0.05) is 42.5 Å². The molecule has 0 radical (unpaired) electrons. The molecular weight excluding hydrogens is 324 g/mol. The van der Waals surface area contributed by atoms with Gasteiger partial charge in [-0.3, -0.25) is 9.52 Å². The Bertz CT molecular complexity index is 789. The number of para-hydroxylation sites is 2. The molecule has 0 aromatic heterocycles. The first-order valence-electron chi connectivity index (χ1n) is 7.77. The number of aryl methyl sites for hydroxylation is 1. The fraction of sp³-hybridized carbons (Fsp3) is 0.278. The minimum atomic E-state index is -3.47. The molecule has 0 heterocycles. The van der Waals surface area contributed by atoms with Crippen molar-refractivity contribution in [1.29, 1.82) is 0 Å². The summed E-state index contributed by atoms with van der Waals surface area (Å²) in [6, 6.07) is 16.7. The molecule has 0 unspecified atom stereocenters. The van der Waals surface area contributed by atoms with E-state index in [1.54, 1.807) is 31.3 Å². The van der Waals surface area contributed by atoms with E-state index in [-0.39, 0.29) is 11.7 Å². The van der Waals surface area contributed by atoms with Gasteiger partial charge in [-0.05, 0) is 30.5 Å². The minimum Gasteiger partial charge on any atom is -0.314 e. The SMILES string of the molecule is CC(=O)N(C)c1ccccc1NS(=O)(=O)CCCc1ccccc1. The van der Waals surface area contributed by atoms with Gasteiger partial charge in [0.2, 0.25) is 15.9 Å². The number of benzene rings is 2. The van der Waals surface area contributed by atoms with Crippen molar-refractivity contribution in [2.24, 2.45) is 0 Å². The number of anilines is 2. The summed E-state index contributed by atoms with van der Waals surface area (Å²) >= 11 is 0. The number of carbonyl (C=O) groups is 1. The molecule has 0 atom stereocenters. The van der Waals surface area contributed by atoms with Crippen molar-refractivity contribution in [3.05, 3.63) is 60.2 Å². The maximum Gasteiger partial charge on any atom is 0.232 e. The van der Waals surface area contributed by atoms with E-state index in [1.165, 1.54) is 11.8 Å². The van der Waals surface area contributed by atoms with Gasteiger partial charge in [0.05, 0.1) is 17.1 Å². The maximum atomic E-state index is 12.3. The van der Waals surface area contributed by atoms with Crippen LogP contribution in [-0.2, 0) is 21.2 Å². The molecule has 24 heavy (non-hydrogen) atoms. The predicted octanol–water partition coefficient (Wildman–Crippen LogP) is 3.04. The first-order chi connectivity index (χ1) is 11.4. The molecule has 0 aliphatic heterocycles. The monoisotopic (exact) mass is 346 g/mol. The van der Waals surface area contributed by atoms with E-state index in [0.29, 0.717) is 24.2 Å². The fourth-order valence-electron chi connectivity index (χ4n) is 2.35. The second kappa shape index (κ2) is 7.97. The summed E-state index contributed by atoms with van der Waals surface area (Å²) < 4.78 is 27.2. The average Bonchev–Trinajstić information content (AvgIpc) is 2.55. The van der Waals surface area contributed by atoms with Gasteiger partial charge in [0, 0.05) is 14.0 Å². The maximum absolute atomic E-state index is 12.3. The lowest BCUT2D eigenvalue weighted by molar-refractivity contribution is -0.116. The van der Waals surface area contributed by atoms with E-state index in [9.17, 15) is 13.2 Å². The standard InChI is InChI=1S/C18H22N2O3S/c1-15(21)20(2)18-13-7-6-12-17(18)19-24(22,23)14-8-11-16-9-4-3-5-10-16/h3-7,9-10,12-13,19H,8,11,14H2,1-2H3. The molecule has 5 nitrogen and oxygen atoms in total. The van der Waals surface area contributed by atoms with Gasteiger partial charge in [0.1, 0.15) is 0 Å². The van der Waals surface area contributed by atoms with Gasteiger partial charge in [0.25, 0.3) is 0 Å². The van der Waals surface area contributed by atoms with Crippen LogP contribution in [0.5, 0.6) is 0 Å².